The van der Waals surface area contributed by atoms with E-state index in [0.717, 1.165) is 27.9 Å². The highest BCUT2D eigenvalue weighted by molar-refractivity contribution is 5.94. The summed E-state index contributed by atoms with van der Waals surface area (Å²) in [6.45, 7) is 4.40. The Morgan fingerprint density at radius 1 is 0.971 bits per heavy atom. The van der Waals surface area contributed by atoms with Crippen LogP contribution >= 0.6 is 0 Å². The third-order valence-corrected chi connectivity index (χ3v) is 5.57. The molecule has 1 unspecified atom stereocenters. The summed E-state index contributed by atoms with van der Waals surface area (Å²) in [5.74, 6) is -0.322. The van der Waals surface area contributed by atoms with Crippen LogP contribution in [-0.4, -0.2) is 28.5 Å². The molecule has 3 aromatic carbocycles. The molecule has 7 nitrogen and oxygen atoms in total. The van der Waals surface area contributed by atoms with E-state index in [1.165, 1.54) is 0 Å². The van der Waals surface area contributed by atoms with Gasteiger partial charge in [0.2, 0.25) is 5.89 Å². The fourth-order valence-electron chi connectivity index (χ4n) is 3.75. The summed E-state index contributed by atoms with van der Waals surface area (Å²) in [7, 11) is 0. The summed E-state index contributed by atoms with van der Waals surface area (Å²) in [5.41, 5.74) is 5.03. The number of nitrogens with one attached hydrogen (secondary N) is 2. The highest BCUT2D eigenvalue weighted by Crippen LogP contribution is 2.30. The van der Waals surface area contributed by atoms with Crippen LogP contribution in [0.2, 0.25) is 0 Å². The Kier molecular flexibility index (Phi) is 6.92. The molecule has 0 aliphatic carbocycles. The van der Waals surface area contributed by atoms with Crippen LogP contribution in [0.4, 0.5) is 5.69 Å². The van der Waals surface area contributed by atoms with Gasteiger partial charge in [0.1, 0.15) is 5.52 Å². The molecule has 0 spiro atoms. The van der Waals surface area contributed by atoms with Gasteiger partial charge in [-0.3, -0.25) is 9.59 Å². The molecule has 34 heavy (non-hydrogen) atoms. The molecule has 0 fully saturated rings. The molecule has 7 heteroatoms. The normalized spacial score (nSPS) is 12.0. The number of nitrogens with zero attached hydrogens (tertiary/aromatic N) is 1. The van der Waals surface area contributed by atoms with Crippen molar-refractivity contribution in [1.29, 1.82) is 0 Å². The molecule has 174 valence electrons. The first-order chi connectivity index (χ1) is 16.4. The topological polar surface area (TPSA) is 104 Å². The zero-order chi connectivity index (χ0) is 24.1. The van der Waals surface area contributed by atoms with E-state index < -0.39 is 5.97 Å². The van der Waals surface area contributed by atoms with Crippen molar-refractivity contribution in [2.24, 2.45) is 5.92 Å². The third kappa shape index (κ3) is 5.43. The molecule has 0 radical (unpaired) electrons. The van der Waals surface area contributed by atoms with Gasteiger partial charge in [0.15, 0.2) is 5.58 Å². The Balaban J connectivity index is 1.45. The number of oxazole rings is 1. The number of anilines is 1. The van der Waals surface area contributed by atoms with Crippen LogP contribution < -0.4 is 10.6 Å². The minimum Gasteiger partial charge on any atom is -0.481 e. The van der Waals surface area contributed by atoms with Gasteiger partial charge in [0, 0.05) is 23.4 Å². The number of carboxylic acids is 1. The van der Waals surface area contributed by atoms with Crippen LogP contribution in [0.5, 0.6) is 0 Å². The average molecular weight is 458 g/mol. The number of rotatable bonds is 9. The van der Waals surface area contributed by atoms with Gasteiger partial charge in [-0.1, -0.05) is 38.1 Å². The molecule has 4 rings (SSSR count). The number of hydrogen-bond donors (Lipinski definition) is 3. The number of hydrogen-bond acceptors (Lipinski definition) is 5. The van der Waals surface area contributed by atoms with Crippen molar-refractivity contribution in [3.8, 4) is 11.5 Å². The maximum absolute atomic E-state index is 12.2. The highest BCUT2D eigenvalue weighted by atomic mass is 16.4. The van der Waals surface area contributed by atoms with Gasteiger partial charge >= 0.3 is 5.97 Å². The monoisotopic (exact) mass is 457 g/mol. The standard InChI is InChI=1S/C27H27N3O4/c1-17(2)25(29-21-13-11-19(12-14-21)26(33)28-16-15-24(31)32)18-7-9-20(10-8-18)27-30-22-5-3-4-6-23(22)34-27/h3-14,17,25,29H,15-16H2,1-2H3,(H,28,33)(H,31,32). The van der Waals surface area contributed by atoms with Gasteiger partial charge in [0.25, 0.3) is 5.91 Å². The smallest absolute Gasteiger partial charge is 0.305 e. The second kappa shape index (κ2) is 10.2. The summed E-state index contributed by atoms with van der Waals surface area (Å²) < 4.78 is 5.88. The molecule has 3 N–H and O–H groups in total. The van der Waals surface area contributed by atoms with Crippen LogP contribution in [0.15, 0.2) is 77.2 Å². The predicted molar refractivity (Wildman–Crippen MR) is 132 cm³/mol. The Hall–Kier alpha value is -4.13. The molecule has 4 aromatic rings. The van der Waals surface area contributed by atoms with E-state index in [0.29, 0.717) is 17.4 Å². The average Bonchev–Trinajstić information content (AvgIpc) is 3.27. The highest BCUT2D eigenvalue weighted by Gasteiger charge is 2.17. The first-order valence-corrected chi connectivity index (χ1v) is 11.2. The number of para-hydroxylation sites is 2. The van der Waals surface area contributed by atoms with Crippen molar-refractivity contribution < 1.29 is 19.1 Å². The second-order valence-corrected chi connectivity index (χ2v) is 8.45. The van der Waals surface area contributed by atoms with E-state index in [1.807, 2.05) is 48.5 Å². The zero-order valence-corrected chi connectivity index (χ0v) is 19.1. The minimum absolute atomic E-state index is 0.0629. The van der Waals surface area contributed by atoms with Crippen molar-refractivity contribution >= 4 is 28.7 Å². The van der Waals surface area contributed by atoms with Gasteiger partial charge in [-0.25, -0.2) is 4.98 Å². The van der Waals surface area contributed by atoms with Gasteiger partial charge in [-0.05, 0) is 60.0 Å². The van der Waals surface area contributed by atoms with Gasteiger partial charge in [-0.15, -0.1) is 0 Å². The molecule has 0 saturated heterocycles. The van der Waals surface area contributed by atoms with Crippen LogP contribution in [0.3, 0.4) is 0 Å². The number of aromatic nitrogens is 1. The van der Waals surface area contributed by atoms with Crippen molar-refractivity contribution in [2.45, 2.75) is 26.3 Å². The number of carbonyl (C=O) groups excluding carboxylic acids is 1. The largest absolute Gasteiger partial charge is 0.481 e. The lowest BCUT2D eigenvalue weighted by Gasteiger charge is -2.24. The third-order valence-electron chi connectivity index (χ3n) is 5.57. The lowest BCUT2D eigenvalue weighted by Crippen LogP contribution is -2.26. The van der Waals surface area contributed by atoms with Crippen LogP contribution in [0.1, 0.15) is 42.2 Å². The Morgan fingerprint density at radius 2 is 1.68 bits per heavy atom. The lowest BCUT2D eigenvalue weighted by atomic mass is 9.94. The van der Waals surface area contributed by atoms with Gasteiger partial charge < -0.3 is 20.2 Å². The molecule has 0 bridgehead atoms. The molecule has 0 saturated carbocycles. The van der Waals surface area contributed by atoms with Gasteiger partial charge in [-0.2, -0.15) is 0 Å². The number of fused-ring (bicyclic) bond motifs is 1. The molecule has 1 amide bonds. The molecule has 0 aliphatic rings. The predicted octanol–water partition coefficient (Wildman–Crippen LogP) is 5.51. The maximum atomic E-state index is 12.2. The fraction of sp³-hybridized carbons (Fsp3) is 0.222. The number of carbonyl (C=O) groups is 2. The van der Waals surface area contributed by atoms with E-state index in [-0.39, 0.29) is 24.9 Å². The molecule has 1 heterocycles. The van der Waals surface area contributed by atoms with E-state index in [2.05, 4.69) is 41.6 Å². The quantitative estimate of drug-likeness (QED) is 0.306. The summed E-state index contributed by atoms with van der Waals surface area (Å²) in [6, 6.07) is 23.1. The maximum Gasteiger partial charge on any atom is 0.305 e. The van der Waals surface area contributed by atoms with Crippen molar-refractivity contribution in [3.05, 3.63) is 83.9 Å². The first-order valence-electron chi connectivity index (χ1n) is 11.2. The van der Waals surface area contributed by atoms with E-state index in [9.17, 15) is 9.59 Å². The van der Waals surface area contributed by atoms with Crippen molar-refractivity contribution in [2.75, 3.05) is 11.9 Å². The van der Waals surface area contributed by atoms with E-state index in [4.69, 9.17) is 9.52 Å². The Labute approximate surface area is 197 Å². The Bertz CT molecular complexity index is 1240. The van der Waals surface area contributed by atoms with Crippen molar-refractivity contribution in [1.82, 2.24) is 10.3 Å². The Morgan fingerprint density at radius 3 is 2.32 bits per heavy atom. The SMILES string of the molecule is CC(C)C(Nc1ccc(C(=O)NCCC(=O)O)cc1)c1ccc(-c2nc3ccccc3o2)cc1. The lowest BCUT2D eigenvalue weighted by molar-refractivity contribution is -0.136. The molecular formula is C27H27N3O4. The number of carboxylic acid groups (broad SMARTS) is 1. The summed E-state index contributed by atoms with van der Waals surface area (Å²) >= 11 is 0. The fourth-order valence-corrected chi connectivity index (χ4v) is 3.75. The molecule has 1 aromatic heterocycles. The van der Waals surface area contributed by atoms with E-state index >= 15 is 0 Å². The molecule has 0 aliphatic heterocycles. The number of benzene rings is 3. The molecular weight excluding hydrogens is 430 g/mol. The minimum atomic E-state index is -0.943. The second-order valence-electron chi connectivity index (χ2n) is 8.45. The molecule has 1 atom stereocenters. The van der Waals surface area contributed by atoms with Crippen LogP contribution in [0, 0.1) is 5.92 Å². The summed E-state index contributed by atoms with van der Waals surface area (Å²) in [6.07, 6.45) is -0.105. The van der Waals surface area contributed by atoms with E-state index in [1.54, 1.807) is 12.1 Å². The van der Waals surface area contributed by atoms with Gasteiger partial charge in [0.05, 0.1) is 12.5 Å². The van der Waals surface area contributed by atoms with Crippen molar-refractivity contribution in [3.63, 3.8) is 0 Å². The van der Waals surface area contributed by atoms with Crippen LogP contribution in [-0.2, 0) is 4.79 Å². The summed E-state index contributed by atoms with van der Waals surface area (Å²) in [5, 5.41) is 14.9. The number of aliphatic carboxylic acids is 1. The van der Waals surface area contributed by atoms with Crippen LogP contribution in [0.25, 0.3) is 22.6 Å². The first kappa shape index (κ1) is 23.0. The number of amides is 1. The zero-order valence-electron chi connectivity index (χ0n) is 19.1. The summed E-state index contributed by atoms with van der Waals surface area (Å²) in [4.78, 5) is 27.3.